The molecular formula is C31H30FNO4. The van der Waals surface area contributed by atoms with Crippen LogP contribution in [0.2, 0.25) is 0 Å². The maximum absolute atomic E-state index is 14.0. The molecule has 1 aliphatic rings. The summed E-state index contributed by atoms with van der Waals surface area (Å²) in [5, 5.41) is 0.116. The van der Waals surface area contributed by atoms with Crippen LogP contribution >= 0.6 is 0 Å². The zero-order valence-electron chi connectivity index (χ0n) is 21.3. The molecule has 5 nitrogen and oxygen atoms in total. The maximum Gasteiger partial charge on any atom is 0.295 e. The molecule has 0 aliphatic carbocycles. The Morgan fingerprint density at radius 3 is 2.43 bits per heavy atom. The van der Waals surface area contributed by atoms with Gasteiger partial charge in [0.2, 0.25) is 5.76 Å². The van der Waals surface area contributed by atoms with Crippen molar-refractivity contribution in [1.82, 2.24) is 0 Å². The minimum Gasteiger partial charge on any atom is -0.494 e. The van der Waals surface area contributed by atoms with E-state index in [1.54, 1.807) is 4.90 Å². The van der Waals surface area contributed by atoms with Crippen LogP contribution < -0.4 is 15.1 Å². The molecule has 3 aromatic carbocycles. The summed E-state index contributed by atoms with van der Waals surface area (Å²) < 4.78 is 25.9. The molecule has 5 rings (SSSR count). The molecule has 0 N–H and O–H groups in total. The number of hydrogen-bond acceptors (Lipinski definition) is 4. The molecule has 0 spiro atoms. The van der Waals surface area contributed by atoms with Gasteiger partial charge in [-0.25, -0.2) is 4.39 Å². The van der Waals surface area contributed by atoms with E-state index in [0.29, 0.717) is 12.3 Å². The molecule has 0 saturated heterocycles. The topological polar surface area (TPSA) is 59.8 Å². The van der Waals surface area contributed by atoms with Crippen molar-refractivity contribution in [2.24, 2.45) is 0 Å². The number of aryl methyl sites for hydroxylation is 2. The number of carbonyl (C=O) groups excluding carboxylic acids is 1. The molecule has 1 amide bonds. The molecular weight excluding hydrogens is 469 g/mol. The number of benzene rings is 3. The number of hydrogen-bond donors (Lipinski definition) is 0. The summed E-state index contributed by atoms with van der Waals surface area (Å²) >= 11 is 0. The number of carbonyl (C=O) groups is 1. The first-order valence-corrected chi connectivity index (χ1v) is 12.8. The number of anilines is 1. The number of fused-ring (bicyclic) bond motifs is 2. The summed E-state index contributed by atoms with van der Waals surface area (Å²) in [4.78, 5) is 29.0. The third-order valence-corrected chi connectivity index (χ3v) is 7.06. The van der Waals surface area contributed by atoms with E-state index in [9.17, 15) is 14.0 Å². The smallest absolute Gasteiger partial charge is 0.295 e. The summed E-state index contributed by atoms with van der Waals surface area (Å²) in [5.41, 5.74) is 3.53. The predicted octanol–water partition coefficient (Wildman–Crippen LogP) is 7.26. The van der Waals surface area contributed by atoms with Gasteiger partial charge in [-0.05, 0) is 79.4 Å². The molecule has 6 heteroatoms. The van der Waals surface area contributed by atoms with Gasteiger partial charge in [0.15, 0.2) is 5.43 Å². The molecule has 190 valence electrons. The van der Waals surface area contributed by atoms with E-state index in [0.717, 1.165) is 41.3 Å². The first-order chi connectivity index (χ1) is 17.9. The summed E-state index contributed by atoms with van der Waals surface area (Å²) in [6.07, 6.45) is 4.48. The average molecular weight is 500 g/mol. The normalized spacial score (nSPS) is 14.9. The van der Waals surface area contributed by atoms with E-state index in [-0.39, 0.29) is 22.3 Å². The van der Waals surface area contributed by atoms with Gasteiger partial charge in [-0.2, -0.15) is 0 Å². The Hall–Kier alpha value is -3.93. The molecule has 2 heterocycles. The van der Waals surface area contributed by atoms with Gasteiger partial charge in [0.05, 0.1) is 23.6 Å². The third-order valence-electron chi connectivity index (χ3n) is 7.06. The largest absolute Gasteiger partial charge is 0.494 e. The number of nitrogens with zero attached hydrogens (tertiary/aromatic N) is 1. The fraction of sp³-hybridized carbons (Fsp3) is 0.290. The summed E-state index contributed by atoms with van der Waals surface area (Å²) in [6, 6.07) is 16.3. The van der Waals surface area contributed by atoms with Crippen LogP contribution in [0.5, 0.6) is 5.75 Å². The number of ether oxygens (including phenoxy) is 1. The van der Waals surface area contributed by atoms with Crippen LogP contribution in [-0.4, -0.2) is 12.5 Å². The Morgan fingerprint density at radius 1 is 0.919 bits per heavy atom. The highest BCUT2D eigenvalue weighted by Crippen LogP contribution is 2.42. The molecule has 1 atom stereocenters. The first-order valence-electron chi connectivity index (χ1n) is 12.8. The monoisotopic (exact) mass is 499 g/mol. The van der Waals surface area contributed by atoms with Crippen LogP contribution in [0, 0.1) is 19.7 Å². The molecule has 37 heavy (non-hydrogen) atoms. The van der Waals surface area contributed by atoms with Gasteiger partial charge in [-0.3, -0.25) is 14.5 Å². The molecule has 1 unspecified atom stereocenters. The Bertz CT molecular complexity index is 1520. The van der Waals surface area contributed by atoms with Crippen molar-refractivity contribution < 1.29 is 18.3 Å². The predicted molar refractivity (Wildman–Crippen MR) is 143 cm³/mol. The lowest BCUT2D eigenvalue weighted by molar-refractivity contribution is 0.0971. The Labute approximate surface area is 215 Å². The van der Waals surface area contributed by atoms with E-state index >= 15 is 0 Å². The van der Waals surface area contributed by atoms with Crippen LogP contribution in [0.15, 0.2) is 69.9 Å². The minimum absolute atomic E-state index is 0.0106. The van der Waals surface area contributed by atoms with Crippen LogP contribution in [-0.2, 0) is 0 Å². The third kappa shape index (κ3) is 4.64. The Balaban J connectivity index is 1.59. The summed E-state index contributed by atoms with van der Waals surface area (Å²) in [6.45, 7) is 6.80. The Kier molecular flexibility index (Phi) is 6.83. The highest BCUT2D eigenvalue weighted by atomic mass is 19.1. The van der Waals surface area contributed by atoms with E-state index in [2.05, 4.69) is 6.92 Å². The second kappa shape index (κ2) is 10.2. The van der Waals surface area contributed by atoms with Crippen molar-refractivity contribution in [1.29, 1.82) is 0 Å². The van der Waals surface area contributed by atoms with Crippen LogP contribution in [0.4, 0.5) is 10.1 Å². The highest BCUT2D eigenvalue weighted by Gasteiger charge is 2.43. The van der Waals surface area contributed by atoms with Crippen molar-refractivity contribution in [2.75, 3.05) is 11.5 Å². The van der Waals surface area contributed by atoms with E-state index in [1.165, 1.54) is 25.0 Å². The first kappa shape index (κ1) is 24.8. The second-order valence-corrected chi connectivity index (χ2v) is 9.64. The number of amides is 1. The zero-order valence-corrected chi connectivity index (χ0v) is 21.3. The van der Waals surface area contributed by atoms with Gasteiger partial charge in [0.1, 0.15) is 17.1 Å². The molecule has 0 radical (unpaired) electrons. The molecule has 0 fully saturated rings. The van der Waals surface area contributed by atoms with Gasteiger partial charge in [0.25, 0.3) is 5.91 Å². The number of unbranched alkanes of at least 4 members (excludes halogenated alkanes) is 3. The van der Waals surface area contributed by atoms with E-state index in [1.807, 2.05) is 56.3 Å². The Morgan fingerprint density at radius 2 is 1.70 bits per heavy atom. The van der Waals surface area contributed by atoms with Gasteiger partial charge < -0.3 is 9.15 Å². The molecule has 0 bridgehead atoms. The lowest BCUT2D eigenvalue weighted by Gasteiger charge is -2.26. The van der Waals surface area contributed by atoms with Crippen LogP contribution in [0.3, 0.4) is 0 Å². The number of halogens is 1. The van der Waals surface area contributed by atoms with Crippen molar-refractivity contribution in [2.45, 2.75) is 52.5 Å². The van der Waals surface area contributed by atoms with E-state index in [4.69, 9.17) is 9.15 Å². The minimum atomic E-state index is -0.716. The SMILES string of the molecule is CCCCCCOc1ccc(C2c3c(oc4ccc(F)cc4c3=O)C(=O)N2c2ccc(C)c(C)c2)cc1. The standard InChI is InChI=1S/C31H30FNO4/c1-4-5-6-7-16-36-24-13-9-21(10-14-24)28-27-29(34)25-18-22(32)11-15-26(25)37-30(27)31(35)33(28)23-12-8-19(2)20(3)17-23/h8-15,17-18,28H,4-7,16H2,1-3H3. The molecule has 1 aromatic heterocycles. The van der Waals surface area contributed by atoms with Gasteiger partial charge in [-0.15, -0.1) is 0 Å². The van der Waals surface area contributed by atoms with Crippen molar-refractivity contribution in [3.63, 3.8) is 0 Å². The lowest BCUT2D eigenvalue weighted by Crippen LogP contribution is -2.29. The van der Waals surface area contributed by atoms with Gasteiger partial charge in [-0.1, -0.05) is 44.4 Å². The highest BCUT2D eigenvalue weighted by molar-refractivity contribution is 6.10. The molecule has 4 aromatic rings. The summed E-state index contributed by atoms with van der Waals surface area (Å²) in [5.74, 6) is -0.214. The fourth-order valence-electron chi connectivity index (χ4n) is 4.87. The van der Waals surface area contributed by atoms with Crippen LogP contribution in [0.1, 0.15) is 71.5 Å². The maximum atomic E-state index is 14.0. The average Bonchev–Trinajstić information content (AvgIpc) is 3.19. The quantitative estimate of drug-likeness (QED) is 0.240. The van der Waals surface area contributed by atoms with Crippen molar-refractivity contribution >= 4 is 22.6 Å². The van der Waals surface area contributed by atoms with Crippen LogP contribution in [0.25, 0.3) is 11.0 Å². The fourth-order valence-corrected chi connectivity index (χ4v) is 4.87. The van der Waals surface area contributed by atoms with Gasteiger partial charge >= 0.3 is 0 Å². The van der Waals surface area contributed by atoms with Gasteiger partial charge in [0, 0.05) is 5.69 Å². The van der Waals surface area contributed by atoms with Crippen molar-refractivity contribution in [3.05, 3.63) is 105 Å². The lowest BCUT2D eigenvalue weighted by atomic mass is 9.97. The van der Waals surface area contributed by atoms with Crippen molar-refractivity contribution in [3.8, 4) is 5.75 Å². The number of rotatable bonds is 8. The molecule has 0 saturated carbocycles. The second-order valence-electron chi connectivity index (χ2n) is 9.64. The molecule has 1 aliphatic heterocycles. The zero-order chi connectivity index (χ0) is 26.1. The van der Waals surface area contributed by atoms with E-state index < -0.39 is 23.2 Å². The summed E-state index contributed by atoms with van der Waals surface area (Å²) in [7, 11) is 0.